The Morgan fingerprint density at radius 2 is 2.13 bits per heavy atom. The van der Waals surface area contributed by atoms with Crippen LogP contribution in [-0.2, 0) is 4.74 Å². The highest BCUT2D eigenvalue weighted by Crippen LogP contribution is 2.24. The van der Waals surface area contributed by atoms with Crippen molar-refractivity contribution in [3.05, 3.63) is 0 Å². The van der Waals surface area contributed by atoms with E-state index < -0.39 is 0 Å². The van der Waals surface area contributed by atoms with Crippen molar-refractivity contribution in [3.8, 4) is 0 Å². The van der Waals surface area contributed by atoms with Crippen molar-refractivity contribution in [3.63, 3.8) is 0 Å². The number of nitrogens with zero attached hydrogens (tertiary/aromatic N) is 2. The first-order valence-electron chi connectivity index (χ1n) is 5.11. The number of rotatable bonds is 3. The molecule has 0 aliphatic carbocycles. The summed E-state index contributed by atoms with van der Waals surface area (Å²) in [4.78, 5) is 4.63. The molecular weight excluding hydrogens is 228 g/mol. The van der Waals surface area contributed by atoms with E-state index in [-0.39, 0.29) is 5.54 Å². The predicted octanol–water partition coefficient (Wildman–Crippen LogP) is 1.98. The van der Waals surface area contributed by atoms with Crippen molar-refractivity contribution < 1.29 is 4.74 Å². The molecule has 0 amide bonds. The molecule has 0 bridgehead atoms. The van der Waals surface area contributed by atoms with Crippen molar-refractivity contribution >= 4 is 28.3 Å². The SMILES string of the molecule is COCCN1CN(C(C)(C)C)CSC1=S. The van der Waals surface area contributed by atoms with Crippen LogP contribution in [0, 0.1) is 0 Å². The first-order chi connectivity index (χ1) is 6.95. The average molecular weight is 248 g/mol. The van der Waals surface area contributed by atoms with Crippen molar-refractivity contribution in [1.29, 1.82) is 0 Å². The standard InChI is InChI=1S/C10H20N2OS2/c1-10(2,3)12-7-11(5-6-13-4)9(14)15-8-12/h5-8H2,1-4H3. The minimum atomic E-state index is 0.203. The summed E-state index contributed by atoms with van der Waals surface area (Å²) in [6.45, 7) is 9.23. The molecule has 0 atom stereocenters. The van der Waals surface area contributed by atoms with Crippen molar-refractivity contribution in [2.45, 2.75) is 26.3 Å². The van der Waals surface area contributed by atoms with Crippen LogP contribution in [-0.4, -0.2) is 52.5 Å². The van der Waals surface area contributed by atoms with Crippen molar-refractivity contribution in [2.75, 3.05) is 32.8 Å². The van der Waals surface area contributed by atoms with Gasteiger partial charge in [-0.25, -0.2) is 0 Å². The smallest absolute Gasteiger partial charge is 0.138 e. The summed E-state index contributed by atoms with van der Waals surface area (Å²) in [5.41, 5.74) is 0.203. The van der Waals surface area contributed by atoms with E-state index in [4.69, 9.17) is 17.0 Å². The minimum Gasteiger partial charge on any atom is -0.383 e. The van der Waals surface area contributed by atoms with Crippen LogP contribution in [0.4, 0.5) is 0 Å². The Morgan fingerprint density at radius 1 is 1.47 bits per heavy atom. The molecule has 0 saturated carbocycles. The molecule has 1 fully saturated rings. The molecular formula is C10H20N2OS2. The third kappa shape index (κ3) is 3.90. The molecule has 0 N–H and O–H groups in total. The first-order valence-corrected chi connectivity index (χ1v) is 6.50. The molecule has 0 unspecified atom stereocenters. The van der Waals surface area contributed by atoms with Crippen LogP contribution in [0.25, 0.3) is 0 Å². The Labute approximate surface area is 102 Å². The second-order valence-corrected chi connectivity index (χ2v) is 6.23. The Hall–Kier alpha value is 0.160. The van der Waals surface area contributed by atoms with Crippen LogP contribution < -0.4 is 0 Å². The van der Waals surface area contributed by atoms with Gasteiger partial charge in [-0.2, -0.15) is 0 Å². The van der Waals surface area contributed by atoms with Crippen LogP contribution >= 0.6 is 24.0 Å². The van der Waals surface area contributed by atoms with Gasteiger partial charge in [0.25, 0.3) is 0 Å². The molecule has 1 aliphatic heterocycles. The van der Waals surface area contributed by atoms with Gasteiger partial charge < -0.3 is 9.64 Å². The number of thioether (sulfide) groups is 1. The lowest BCUT2D eigenvalue weighted by molar-refractivity contribution is 0.0919. The molecule has 0 aromatic rings. The lowest BCUT2D eigenvalue weighted by Crippen LogP contribution is -2.52. The van der Waals surface area contributed by atoms with E-state index in [1.54, 1.807) is 18.9 Å². The normalized spacial score (nSPS) is 19.7. The highest BCUT2D eigenvalue weighted by molar-refractivity contribution is 8.22. The Bertz CT molecular complexity index is 228. The fourth-order valence-electron chi connectivity index (χ4n) is 1.30. The van der Waals surface area contributed by atoms with Gasteiger partial charge in [0, 0.05) is 19.2 Å². The van der Waals surface area contributed by atoms with E-state index in [0.29, 0.717) is 0 Å². The summed E-state index contributed by atoms with van der Waals surface area (Å²) in [6.07, 6.45) is 0. The Balaban J connectivity index is 2.52. The summed E-state index contributed by atoms with van der Waals surface area (Å²) in [5.74, 6) is 0.992. The molecule has 88 valence electrons. The van der Waals surface area contributed by atoms with E-state index in [0.717, 1.165) is 30.0 Å². The Kier molecular flexibility index (Phi) is 4.83. The van der Waals surface area contributed by atoms with Gasteiger partial charge in [0.05, 0.1) is 19.2 Å². The van der Waals surface area contributed by atoms with E-state index in [2.05, 4.69) is 30.6 Å². The maximum atomic E-state index is 5.32. The molecule has 0 radical (unpaired) electrons. The molecule has 1 heterocycles. The molecule has 0 aromatic carbocycles. The van der Waals surface area contributed by atoms with Gasteiger partial charge in [0.2, 0.25) is 0 Å². The molecule has 5 heteroatoms. The van der Waals surface area contributed by atoms with Crippen LogP contribution in [0.5, 0.6) is 0 Å². The summed E-state index contributed by atoms with van der Waals surface area (Å²) in [5, 5.41) is 0. The third-order valence-corrected chi connectivity index (χ3v) is 4.02. The zero-order valence-electron chi connectivity index (χ0n) is 9.95. The van der Waals surface area contributed by atoms with Gasteiger partial charge in [0.15, 0.2) is 0 Å². The second-order valence-electron chi connectivity index (χ2n) is 4.65. The van der Waals surface area contributed by atoms with Crippen molar-refractivity contribution in [2.24, 2.45) is 0 Å². The van der Waals surface area contributed by atoms with Crippen LogP contribution in [0.2, 0.25) is 0 Å². The molecule has 1 saturated heterocycles. The van der Waals surface area contributed by atoms with Gasteiger partial charge in [0.1, 0.15) is 4.32 Å². The number of ether oxygens (including phenoxy) is 1. The summed E-state index contributed by atoms with van der Waals surface area (Å²) in [7, 11) is 1.72. The largest absolute Gasteiger partial charge is 0.383 e. The fourth-order valence-corrected chi connectivity index (χ4v) is 2.67. The highest BCUT2D eigenvalue weighted by atomic mass is 32.2. The zero-order valence-corrected chi connectivity index (χ0v) is 11.6. The molecule has 0 aromatic heterocycles. The van der Waals surface area contributed by atoms with E-state index >= 15 is 0 Å². The molecule has 1 rings (SSSR count). The van der Waals surface area contributed by atoms with Gasteiger partial charge >= 0.3 is 0 Å². The molecule has 1 aliphatic rings. The Morgan fingerprint density at radius 3 is 2.67 bits per heavy atom. The fraction of sp³-hybridized carbons (Fsp3) is 0.900. The number of thiocarbonyl (C=S) groups is 1. The van der Waals surface area contributed by atoms with Gasteiger partial charge in [-0.05, 0) is 20.8 Å². The average Bonchev–Trinajstić information content (AvgIpc) is 2.15. The van der Waals surface area contributed by atoms with Gasteiger partial charge in [-0.15, -0.1) is 0 Å². The third-order valence-electron chi connectivity index (χ3n) is 2.46. The lowest BCUT2D eigenvalue weighted by atomic mass is 10.1. The van der Waals surface area contributed by atoms with E-state index in [1.165, 1.54) is 0 Å². The van der Waals surface area contributed by atoms with Gasteiger partial charge in [-0.3, -0.25) is 4.90 Å². The number of methoxy groups -OCH3 is 1. The number of hydrogen-bond donors (Lipinski definition) is 0. The van der Waals surface area contributed by atoms with Gasteiger partial charge in [-0.1, -0.05) is 24.0 Å². The quantitative estimate of drug-likeness (QED) is 0.708. The molecule has 3 nitrogen and oxygen atoms in total. The maximum absolute atomic E-state index is 5.32. The van der Waals surface area contributed by atoms with Crippen molar-refractivity contribution in [1.82, 2.24) is 9.80 Å². The molecule has 0 spiro atoms. The summed E-state index contributed by atoms with van der Waals surface area (Å²) < 4.78 is 6.08. The second kappa shape index (κ2) is 5.48. The summed E-state index contributed by atoms with van der Waals surface area (Å²) >= 11 is 7.06. The van der Waals surface area contributed by atoms with Crippen LogP contribution in [0.1, 0.15) is 20.8 Å². The topological polar surface area (TPSA) is 15.7 Å². The van der Waals surface area contributed by atoms with E-state index in [9.17, 15) is 0 Å². The summed E-state index contributed by atoms with van der Waals surface area (Å²) in [6, 6.07) is 0. The maximum Gasteiger partial charge on any atom is 0.138 e. The predicted molar refractivity (Wildman–Crippen MR) is 70.1 cm³/mol. The lowest BCUT2D eigenvalue weighted by Gasteiger charge is -2.43. The number of hydrogen-bond acceptors (Lipinski definition) is 4. The monoisotopic (exact) mass is 248 g/mol. The highest BCUT2D eigenvalue weighted by Gasteiger charge is 2.28. The van der Waals surface area contributed by atoms with Crippen LogP contribution in [0.3, 0.4) is 0 Å². The van der Waals surface area contributed by atoms with E-state index in [1.807, 2.05) is 0 Å². The van der Waals surface area contributed by atoms with Crippen LogP contribution in [0.15, 0.2) is 0 Å². The first kappa shape index (κ1) is 13.2. The molecule has 15 heavy (non-hydrogen) atoms. The zero-order chi connectivity index (χ0) is 11.5. The minimum absolute atomic E-state index is 0.203.